The average molecular weight is 465 g/mol. The summed E-state index contributed by atoms with van der Waals surface area (Å²) in [6.07, 6.45) is 3.21. The Morgan fingerprint density at radius 1 is 1.08 bits per heavy atom. The van der Waals surface area contributed by atoms with Gasteiger partial charge in [0.2, 0.25) is 5.91 Å². The maximum Gasteiger partial charge on any atom is 0.244 e. The van der Waals surface area contributed by atoms with Gasteiger partial charge in [-0.3, -0.25) is 14.6 Å². The third-order valence-corrected chi connectivity index (χ3v) is 5.01. The molecule has 1 aliphatic rings. The molecule has 0 aliphatic carbocycles. The number of nitrogens with zero attached hydrogens (tertiary/aromatic N) is 2. The minimum absolute atomic E-state index is 0.0841. The number of nitrogens with one attached hydrogen (secondary N) is 1. The number of hydrogen-bond acceptors (Lipinski definition) is 4. The Balaban J connectivity index is 1.31. The lowest BCUT2D eigenvalue weighted by Crippen LogP contribution is -2.47. The van der Waals surface area contributed by atoms with Crippen LogP contribution in [-0.2, 0) is 11.3 Å². The molecule has 0 saturated carbocycles. The van der Waals surface area contributed by atoms with Gasteiger partial charge < -0.3 is 9.73 Å². The number of halogens is 1. The Morgan fingerprint density at radius 3 is 2.50 bits per heavy atom. The highest BCUT2D eigenvalue weighted by atomic mass is 127. The molecule has 1 N–H and O–H groups in total. The molecule has 0 unspecified atom stereocenters. The molecule has 6 heteroatoms. The zero-order chi connectivity index (χ0) is 18.2. The summed E-state index contributed by atoms with van der Waals surface area (Å²) in [6.45, 7) is 6.80. The van der Waals surface area contributed by atoms with Gasteiger partial charge in [-0.2, -0.15) is 0 Å². The predicted molar refractivity (Wildman–Crippen MR) is 112 cm³/mol. The van der Waals surface area contributed by atoms with Crippen molar-refractivity contribution in [3.63, 3.8) is 0 Å². The molecule has 1 aromatic heterocycles. The number of amides is 1. The van der Waals surface area contributed by atoms with Gasteiger partial charge in [-0.1, -0.05) is 30.3 Å². The molecule has 0 atom stereocenters. The number of hydrogen-bond donors (Lipinski definition) is 1. The second-order valence-electron chi connectivity index (χ2n) is 6.37. The molecule has 5 nitrogen and oxygen atoms in total. The molecule has 1 aromatic carbocycles. The van der Waals surface area contributed by atoms with E-state index in [2.05, 4.69) is 68.0 Å². The maximum atomic E-state index is 11.9. The van der Waals surface area contributed by atoms with Crippen LogP contribution >= 0.6 is 22.6 Å². The molecule has 0 radical (unpaired) electrons. The van der Waals surface area contributed by atoms with E-state index in [4.69, 9.17) is 4.42 Å². The molecule has 0 bridgehead atoms. The van der Waals surface area contributed by atoms with Crippen LogP contribution in [0.1, 0.15) is 11.3 Å². The number of benzene rings is 1. The van der Waals surface area contributed by atoms with Gasteiger partial charge in [-0.15, -0.1) is 0 Å². The minimum atomic E-state index is -0.0841. The summed E-state index contributed by atoms with van der Waals surface area (Å²) in [5.41, 5.74) is 1.37. The van der Waals surface area contributed by atoms with Gasteiger partial charge in [-0.05, 0) is 46.4 Å². The average Bonchev–Trinajstić information content (AvgIpc) is 3.08. The number of carbonyl (C=O) groups excluding carboxylic acids is 1. The van der Waals surface area contributed by atoms with Gasteiger partial charge in [0.05, 0.1) is 0 Å². The maximum absolute atomic E-state index is 11.9. The van der Waals surface area contributed by atoms with Crippen LogP contribution in [0.15, 0.2) is 53.0 Å². The van der Waals surface area contributed by atoms with E-state index < -0.39 is 0 Å². The quantitative estimate of drug-likeness (QED) is 0.505. The van der Waals surface area contributed by atoms with Crippen LogP contribution in [0.25, 0.3) is 6.08 Å². The largest absolute Gasteiger partial charge is 0.451 e. The molecule has 2 heterocycles. The van der Waals surface area contributed by atoms with Crippen LogP contribution in [0.3, 0.4) is 0 Å². The lowest BCUT2D eigenvalue weighted by molar-refractivity contribution is -0.116. The molecule has 1 fully saturated rings. The Labute approximate surface area is 168 Å². The molecule has 1 aliphatic heterocycles. The first-order valence-corrected chi connectivity index (χ1v) is 9.97. The van der Waals surface area contributed by atoms with Gasteiger partial charge >= 0.3 is 0 Å². The highest BCUT2D eigenvalue weighted by Gasteiger charge is 2.16. The highest BCUT2D eigenvalue weighted by Crippen LogP contribution is 2.11. The fourth-order valence-electron chi connectivity index (χ4n) is 2.98. The first-order valence-electron chi connectivity index (χ1n) is 8.89. The number of furan rings is 1. The van der Waals surface area contributed by atoms with Crippen molar-refractivity contribution in [2.45, 2.75) is 6.54 Å². The van der Waals surface area contributed by atoms with E-state index >= 15 is 0 Å². The van der Waals surface area contributed by atoms with Crippen molar-refractivity contribution in [1.29, 1.82) is 0 Å². The molecule has 3 rings (SSSR count). The Bertz CT molecular complexity index is 722. The molecule has 1 amide bonds. The third kappa shape index (κ3) is 6.26. The lowest BCUT2D eigenvalue weighted by atomic mass is 10.2. The van der Waals surface area contributed by atoms with Crippen molar-refractivity contribution >= 4 is 34.6 Å². The van der Waals surface area contributed by atoms with E-state index in [0.29, 0.717) is 12.3 Å². The van der Waals surface area contributed by atoms with E-state index in [1.165, 1.54) is 11.6 Å². The standard InChI is InChI=1S/C20H24IN3O2/c21-19-8-6-18(26-19)7-9-20(25)22-10-11-23-12-14-24(15-13-23)16-17-4-2-1-3-5-17/h1-9H,10-16H2,(H,22,25)/b9-7+. The fraction of sp³-hybridized carbons (Fsp3) is 0.350. The first-order chi connectivity index (χ1) is 12.7. The van der Waals surface area contributed by atoms with Gasteiger partial charge in [0, 0.05) is 51.9 Å². The summed E-state index contributed by atoms with van der Waals surface area (Å²) in [4.78, 5) is 16.7. The van der Waals surface area contributed by atoms with Gasteiger partial charge in [0.15, 0.2) is 3.77 Å². The van der Waals surface area contributed by atoms with Crippen molar-refractivity contribution in [1.82, 2.24) is 15.1 Å². The van der Waals surface area contributed by atoms with E-state index in [9.17, 15) is 4.79 Å². The third-order valence-electron chi connectivity index (χ3n) is 4.43. The van der Waals surface area contributed by atoms with Crippen LogP contribution in [0.2, 0.25) is 0 Å². The highest BCUT2D eigenvalue weighted by molar-refractivity contribution is 14.1. The van der Waals surface area contributed by atoms with Crippen molar-refractivity contribution < 1.29 is 9.21 Å². The molecular formula is C20H24IN3O2. The fourth-order valence-corrected chi connectivity index (χ4v) is 3.42. The second kappa shape index (κ2) is 9.89. The summed E-state index contributed by atoms with van der Waals surface area (Å²) in [5.74, 6) is 0.609. The van der Waals surface area contributed by atoms with Gasteiger partial charge in [0.1, 0.15) is 5.76 Å². The molecule has 26 heavy (non-hydrogen) atoms. The minimum Gasteiger partial charge on any atom is -0.451 e. The van der Waals surface area contributed by atoms with Crippen LogP contribution < -0.4 is 5.32 Å². The van der Waals surface area contributed by atoms with Crippen LogP contribution in [0.5, 0.6) is 0 Å². The van der Waals surface area contributed by atoms with Gasteiger partial charge in [-0.25, -0.2) is 0 Å². The van der Waals surface area contributed by atoms with Crippen molar-refractivity contribution in [3.05, 3.63) is 63.6 Å². The molecule has 2 aromatic rings. The molecular weight excluding hydrogens is 441 g/mol. The zero-order valence-corrected chi connectivity index (χ0v) is 16.9. The summed E-state index contributed by atoms with van der Waals surface area (Å²) < 4.78 is 6.21. The SMILES string of the molecule is O=C(/C=C/c1ccc(I)o1)NCCN1CCN(Cc2ccccc2)CC1. The van der Waals surface area contributed by atoms with Gasteiger partial charge in [0.25, 0.3) is 0 Å². The van der Waals surface area contributed by atoms with Crippen molar-refractivity contribution in [3.8, 4) is 0 Å². The van der Waals surface area contributed by atoms with Crippen LogP contribution in [-0.4, -0.2) is 55.0 Å². The monoisotopic (exact) mass is 465 g/mol. The second-order valence-corrected chi connectivity index (χ2v) is 7.43. The Kier molecular flexibility index (Phi) is 7.28. The topological polar surface area (TPSA) is 48.7 Å². The molecule has 1 saturated heterocycles. The van der Waals surface area contributed by atoms with Crippen LogP contribution in [0.4, 0.5) is 0 Å². The smallest absolute Gasteiger partial charge is 0.244 e. The first kappa shape index (κ1) is 19.1. The Hall–Kier alpha value is -1.64. The molecule has 0 spiro atoms. The van der Waals surface area contributed by atoms with E-state index in [0.717, 1.165) is 43.0 Å². The van der Waals surface area contributed by atoms with Crippen molar-refractivity contribution in [2.24, 2.45) is 0 Å². The summed E-state index contributed by atoms with van der Waals surface area (Å²) in [5, 5.41) is 2.93. The number of carbonyl (C=O) groups is 1. The summed E-state index contributed by atoms with van der Waals surface area (Å²) >= 11 is 2.10. The Morgan fingerprint density at radius 2 is 1.81 bits per heavy atom. The van der Waals surface area contributed by atoms with E-state index in [1.807, 2.05) is 12.1 Å². The summed E-state index contributed by atoms with van der Waals surface area (Å²) in [7, 11) is 0. The van der Waals surface area contributed by atoms with Crippen molar-refractivity contribution in [2.75, 3.05) is 39.3 Å². The lowest BCUT2D eigenvalue weighted by Gasteiger charge is -2.34. The van der Waals surface area contributed by atoms with Crippen LogP contribution in [0, 0.1) is 3.77 Å². The predicted octanol–water partition coefficient (Wildman–Crippen LogP) is 2.83. The zero-order valence-electron chi connectivity index (χ0n) is 14.7. The number of piperazine rings is 1. The number of rotatable bonds is 7. The molecule has 138 valence electrons. The van der Waals surface area contributed by atoms with E-state index in [1.54, 1.807) is 6.08 Å². The summed E-state index contributed by atoms with van der Waals surface area (Å²) in [6, 6.07) is 14.3. The normalized spacial score (nSPS) is 16.2. The van der Waals surface area contributed by atoms with E-state index in [-0.39, 0.29) is 5.91 Å².